The molecule has 4 rings (SSSR count). The lowest BCUT2D eigenvalue weighted by Crippen LogP contribution is -2.37. The van der Waals surface area contributed by atoms with Crippen molar-refractivity contribution in [3.63, 3.8) is 0 Å². The molecule has 0 spiro atoms. The van der Waals surface area contributed by atoms with E-state index in [0.717, 1.165) is 48.4 Å². The second-order valence-electron chi connectivity index (χ2n) is 8.00. The summed E-state index contributed by atoms with van der Waals surface area (Å²) in [4.78, 5) is 28.9. The lowest BCUT2D eigenvalue weighted by Gasteiger charge is -2.33. The molecule has 0 aromatic carbocycles. The van der Waals surface area contributed by atoms with E-state index in [9.17, 15) is 26.3 Å². The van der Waals surface area contributed by atoms with E-state index >= 15 is 0 Å². The molecule has 0 radical (unpaired) electrons. The molecule has 0 aliphatic carbocycles. The van der Waals surface area contributed by atoms with Crippen molar-refractivity contribution in [3.05, 3.63) is 65.9 Å². The molecular formula is C23H24F6N4O6. The highest BCUT2D eigenvalue weighted by molar-refractivity contribution is 5.73. The Labute approximate surface area is 217 Å². The zero-order chi connectivity index (χ0) is 29.4. The lowest BCUT2D eigenvalue weighted by atomic mass is 10.2. The summed E-state index contributed by atoms with van der Waals surface area (Å²) in [5, 5.41) is 14.2. The second-order valence-corrected chi connectivity index (χ2v) is 8.00. The molecule has 3 aromatic heterocycles. The van der Waals surface area contributed by atoms with Gasteiger partial charge in [0.1, 0.15) is 29.7 Å². The van der Waals surface area contributed by atoms with Gasteiger partial charge in [0.25, 0.3) is 0 Å². The highest BCUT2D eigenvalue weighted by Gasteiger charge is 2.38. The fourth-order valence-corrected chi connectivity index (χ4v) is 3.30. The monoisotopic (exact) mass is 566 g/mol. The van der Waals surface area contributed by atoms with E-state index in [1.807, 2.05) is 31.3 Å². The van der Waals surface area contributed by atoms with Gasteiger partial charge in [-0.15, -0.1) is 0 Å². The Balaban J connectivity index is 0.000000317. The maximum Gasteiger partial charge on any atom is 0.490 e. The van der Waals surface area contributed by atoms with Crippen LogP contribution in [0.2, 0.25) is 0 Å². The third-order valence-corrected chi connectivity index (χ3v) is 5.16. The smallest absolute Gasteiger partial charge is 0.486 e. The summed E-state index contributed by atoms with van der Waals surface area (Å²) in [5.41, 5.74) is 1.10. The average Bonchev–Trinajstić information content (AvgIpc) is 3.46. The van der Waals surface area contributed by atoms with Gasteiger partial charge < -0.3 is 23.9 Å². The van der Waals surface area contributed by atoms with Crippen LogP contribution < -0.4 is 4.74 Å². The van der Waals surface area contributed by atoms with Gasteiger partial charge in [-0.25, -0.2) is 14.6 Å². The fourth-order valence-electron chi connectivity index (χ4n) is 3.30. The Kier molecular flexibility index (Phi) is 10.5. The first-order chi connectivity index (χ1) is 18.1. The highest BCUT2D eigenvalue weighted by atomic mass is 19.4. The van der Waals surface area contributed by atoms with Crippen LogP contribution in [0.3, 0.4) is 0 Å². The Bertz CT molecular complexity index is 1200. The number of fused-ring (bicyclic) bond motifs is 1. The van der Waals surface area contributed by atoms with E-state index in [1.165, 1.54) is 0 Å². The first-order valence-electron chi connectivity index (χ1n) is 11.1. The maximum atomic E-state index is 10.6. The second kappa shape index (κ2) is 13.1. The number of alkyl halides is 6. The Hall–Kier alpha value is -4.08. The van der Waals surface area contributed by atoms with Crippen molar-refractivity contribution in [2.24, 2.45) is 0 Å². The van der Waals surface area contributed by atoms with Crippen molar-refractivity contribution in [1.29, 1.82) is 0 Å². The number of hydrogen-bond donors (Lipinski definition) is 2. The van der Waals surface area contributed by atoms with Crippen LogP contribution in [0.4, 0.5) is 26.3 Å². The van der Waals surface area contributed by atoms with Crippen molar-refractivity contribution in [2.75, 3.05) is 6.54 Å². The molecule has 1 aliphatic rings. The fraction of sp³-hybridized carbons (Fsp3) is 0.391. The van der Waals surface area contributed by atoms with E-state index < -0.39 is 24.3 Å². The van der Waals surface area contributed by atoms with Gasteiger partial charge in [0.2, 0.25) is 0 Å². The van der Waals surface area contributed by atoms with Gasteiger partial charge in [0.05, 0.1) is 30.7 Å². The molecule has 10 nitrogen and oxygen atoms in total. The predicted molar refractivity (Wildman–Crippen MR) is 120 cm³/mol. The highest BCUT2D eigenvalue weighted by Crippen LogP contribution is 2.27. The van der Waals surface area contributed by atoms with E-state index in [2.05, 4.69) is 32.4 Å². The zero-order valence-electron chi connectivity index (χ0n) is 20.5. The lowest BCUT2D eigenvalue weighted by molar-refractivity contribution is -0.193. The number of carboxylic acids is 2. The Morgan fingerprint density at radius 3 is 2.15 bits per heavy atom. The van der Waals surface area contributed by atoms with E-state index in [1.54, 1.807) is 12.4 Å². The number of imidazole rings is 1. The molecule has 2 N–H and O–H groups in total. The minimum atomic E-state index is -5.08. The van der Waals surface area contributed by atoms with E-state index in [-0.39, 0.29) is 6.04 Å². The number of rotatable bonds is 5. The summed E-state index contributed by atoms with van der Waals surface area (Å²) < 4.78 is 77.3. The number of hydrogen-bond acceptors (Lipinski definition) is 7. The summed E-state index contributed by atoms with van der Waals surface area (Å²) in [6, 6.07) is 8.09. The molecule has 1 atom stereocenters. The Morgan fingerprint density at radius 2 is 1.67 bits per heavy atom. The maximum absolute atomic E-state index is 10.6. The molecule has 3 aromatic rings. The topological polar surface area (TPSA) is 131 Å². The first kappa shape index (κ1) is 31.1. The molecule has 0 saturated carbocycles. The molecular weight excluding hydrogens is 542 g/mol. The number of aliphatic carboxylic acids is 2. The molecule has 0 saturated heterocycles. The van der Waals surface area contributed by atoms with E-state index in [0.29, 0.717) is 6.61 Å². The van der Waals surface area contributed by atoms with Gasteiger partial charge in [-0.1, -0.05) is 0 Å². The van der Waals surface area contributed by atoms with Crippen LogP contribution in [0.5, 0.6) is 5.75 Å². The number of nitrogens with zero attached hydrogens (tertiary/aromatic N) is 4. The van der Waals surface area contributed by atoms with E-state index in [4.69, 9.17) is 29.0 Å². The molecule has 1 unspecified atom stereocenters. The van der Waals surface area contributed by atoms with Crippen molar-refractivity contribution >= 4 is 11.9 Å². The van der Waals surface area contributed by atoms with Crippen LogP contribution in [0.1, 0.15) is 36.0 Å². The molecule has 1 aliphatic heterocycles. The summed E-state index contributed by atoms with van der Waals surface area (Å²) >= 11 is 0. The molecule has 0 bridgehead atoms. The summed E-state index contributed by atoms with van der Waals surface area (Å²) in [7, 11) is 0. The average molecular weight is 566 g/mol. The quantitative estimate of drug-likeness (QED) is 0.426. The van der Waals surface area contributed by atoms with Crippen LogP contribution in [-0.2, 0) is 29.3 Å². The number of aryl methyl sites for hydroxylation is 1. The largest absolute Gasteiger partial charge is 0.490 e. The molecule has 0 fully saturated rings. The molecule has 16 heteroatoms. The normalized spacial score (nSPS) is 15.2. The third kappa shape index (κ3) is 9.63. The summed E-state index contributed by atoms with van der Waals surface area (Å²) in [6.45, 7) is 7.35. The number of aromatic nitrogens is 3. The summed E-state index contributed by atoms with van der Waals surface area (Å²) in [6.07, 6.45) is -4.78. The number of furan rings is 1. The minimum absolute atomic E-state index is 0.242. The van der Waals surface area contributed by atoms with Crippen LogP contribution in [0.25, 0.3) is 0 Å². The van der Waals surface area contributed by atoms with Crippen molar-refractivity contribution in [3.8, 4) is 5.75 Å². The molecule has 0 amide bonds. The van der Waals surface area contributed by atoms with Gasteiger partial charge in [-0.2, -0.15) is 26.3 Å². The van der Waals surface area contributed by atoms with Crippen molar-refractivity contribution in [2.45, 2.75) is 51.9 Å². The molecule has 214 valence electrons. The van der Waals surface area contributed by atoms with Crippen LogP contribution in [0, 0.1) is 6.92 Å². The third-order valence-electron chi connectivity index (χ3n) is 5.16. The van der Waals surface area contributed by atoms with Gasteiger partial charge >= 0.3 is 24.3 Å². The number of carboxylic acid groups (broad SMARTS) is 2. The number of carbonyl (C=O) groups is 2. The summed E-state index contributed by atoms with van der Waals surface area (Å²) in [5.74, 6) is -1.70. The Morgan fingerprint density at radius 1 is 1.05 bits per heavy atom. The van der Waals surface area contributed by atoms with Crippen LogP contribution in [-0.4, -0.2) is 60.5 Å². The van der Waals surface area contributed by atoms with Gasteiger partial charge in [0.15, 0.2) is 0 Å². The van der Waals surface area contributed by atoms with Gasteiger partial charge in [-0.3, -0.25) is 9.88 Å². The minimum Gasteiger partial charge on any atom is -0.486 e. The van der Waals surface area contributed by atoms with Crippen LogP contribution in [0.15, 0.2) is 47.3 Å². The van der Waals surface area contributed by atoms with Crippen molar-refractivity contribution < 1.29 is 55.3 Å². The predicted octanol–water partition coefficient (Wildman–Crippen LogP) is 4.60. The van der Waals surface area contributed by atoms with Gasteiger partial charge in [0, 0.05) is 19.3 Å². The molecule has 39 heavy (non-hydrogen) atoms. The standard InChI is InChI=1S/C19H22N4O2.2C2HF3O2/c1-14-5-6-18(25-14)12-22-8-9-23-16(10-21-19(23)15(22)2)13-24-17-4-3-7-20-11-17;2*3-2(4,5)1(6)7/h3-7,10-11,15H,8-9,12-13H2,1-2H3;2*(H,6,7). The zero-order valence-corrected chi connectivity index (χ0v) is 20.5. The molecule has 4 heterocycles. The number of pyridine rings is 1. The SMILES string of the molecule is Cc1ccc(CN2CCn3c(COc4cccnc4)cnc3C2C)o1.O=C(O)C(F)(F)F.O=C(O)C(F)(F)F. The van der Waals surface area contributed by atoms with Gasteiger partial charge in [-0.05, 0) is 38.1 Å². The number of halogens is 6. The number of ether oxygens (including phenoxy) is 1. The van der Waals surface area contributed by atoms with Crippen LogP contribution >= 0.6 is 0 Å². The first-order valence-corrected chi connectivity index (χ1v) is 11.1. The van der Waals surface area contributed by atoms with Crippen molar-refractivity contribution in [1.82, 2.24) is 19.4 Å².